The van der Waals surface area contributed by atoms with Crippen LogP contribution in [0.2, 0.25) is 0 Å². The molecule has 0 radical (unpaired) electrons. The molecule has 1 N–H and O–H groups in total. The van der Waals surface area contributed by atoms with Gasteiger partial charge in [0.25, 0.3) is 5.91 Å². The Morgan fingerprint density at radius 2 is 1.96 bits per heavy atom. The first kappa shape index (κ1) is 18.7. The van der Waals surface area contributed by atoms with Crippen molar-refractivity contribution >= 4 is 11.6 Å². The van der Waals surface area contributed by atoms with Crippen molar-refractivity contribution in [2.24, 2.45) is 5.16 Å². The lowest BCUT2D eigenvalue weighted by molar-refractivity contribution is -0.132. The number of nitrogens with zero attached hydrogens (tertiary/aromatic N) is 1. The van der Waals surface area contributed by atoms with E-state index < -0.39 is 6.10 Å². The fraction of sp³-hybridized carbons (Fsp3) is 0.417. The van der Waals surface area contributed by atoms with Crippen LogP contribution >= 0.6 is 0 Å². The number of carbonyl (C=O) groups is 1. The molecule has 28 heavy (non-hydrogen) atoms. The molecule has 0 aromatic heterocycles. The number of benzene rings is 2. The van der Waals surface area contributed by atoms with Crippen molar-refractivity contribution in [1.82, 2.24) is 5.32 Å². The molecule has 2 aromatic rings. The van der Waals surface area contributed by atoms with Crippen molar-refractivity contribution in [1.29, 1.82) is 0 Å². The standard InChI is InChI=1S/C24H28N2O2/c1-15-9-10-16(2)18(13-15)21-14-22(28-26-21)23(27)25-20-11-12-24(3,4)19-8-6-5-7-17(19)20/h5-10,13,20,22H,11-12,14H2,1-4H3,(H,25,27). The Hall–Kier alpha value is -2.62. The summed E-state index contributed by atoms with van der Waals surface area (Å²) >= 11 is 0. The van der Waals surface area contributed by atoms with Crippen LogP contribution in [0.4, 0.5) is 0 Å². The van der Waals surface area contributed by atoms with Gasteiger partial charge in [0.2, 0.25) is 6.10 Å². The number of hydrogen-bond donors (Lipinski definition) is 1. The van der Waals surface area contributed by atoms with E-state index in [1.165, 1.54) is 16.7 Å². The zero-order chi connectivity index (χ0) is 19.9. The molecule has 0 spiro atoms. The van der Waals surface area contributed by atoms with E-state index in [1.807, 2.05) is 6.07 Å². The first-order valence-electron chi connectivity index (χ1n) is 10.1. The molecule has 4 rings (SSSR count). The van der Waals surface area contributed by atoms with Gasteiger partial charge in [-0.1, -0.05) is 61.0 Å². The third-order valence-corrected chi connectivity index (χ3v) is 6.11. The smallest absolute Gasteiger partial charge is 0.264 e. The van der Waals surface area contributed by atoms with Gasteiger partial charge in [-0.3, -0.25) is 4.79 Å². The highest BCUT2D eigenvalue weighted by Crippen LogP contribution is 2.41. The van der Waals surface area contributed by atoms with Gasteiger partial charge >= 0.3 is 0 Å². The van der Waals surface area contributed by atoms with Crippen LogP contribution < -0.4 is 5.32 Å². The zero-order valence-corrected chi connectivity index (χ0v) is 17.1. The highest BCUT2D eigenvalue weighted by molar-refractivity contribution is 6.05. The molecule has 1 amide bonds. The average molecular weight is 377 g/mol. The van der Waals surface area contributed by atoms with Gasteiger partial charge in [0.05, 0.1) is 11.8 Å². The van der Waals surface area contributed by atoms with Gasteiger partial charge in [0.15, 0.2) is 0 Å². The van der Waals surface area contributed by atoms with E-state index in [9.17, 15) is 4.79 Å². The van der Waals surface area contributed by atoms with Gasteiger partial charge in [-0.05, 0) is 54.9 Å². The van der Waals surface area contributed by atoms with Gasteiger partial charge in [0.1, 0.15) is 0 Å². The largest absolute Gasteiger partial charge is 0.382 e. The average Bonchev–Trinajstić information content (AvgIpc) is 3.16. The van der Waals surface area contributed by atoms with Crippen LogP contribution in [-0.4, -0.2) is 17.7 Å². The number of hydrogen-bond acceptors (Lipinski definition) is 3. The summed E-state index contributed by atoms with van der Waals surface area (Å²) in [5.74, 6) is -0.0800. The fourth-order valence-corrected chi connectivity index (χ4v) is 4.35. The van der Waals surface area contributed by atoms with Crippen LogP contribution in [0.1, 0.15) is 67.0 Å². The minimum Gasteiger partial charge on any atom is -0.382 e. The Bertz CT molecular complexity index is 945. The van der Waals surface area contributed by atoms with Gasteiger partial charge in [-0.15, -0.1) is 0 Å². The lowest BCUT2D eigenvalue weighted by Gasteiger charge is -2.37. The third kappa shape index (κ3) is 3.44. The maximum absolute atomic E-state index is 12.9. The predicted molar refractivity (Wildman–Crippen MR) is 112 cm³/mol. The summed E-state index contributed by atoms with van der Waals surface area (Å²) in [6.45, 7) is 8.67. The van der Waals surface area contributed by atoms with E-state index in [-0.39, 0.29) is 17.4 Å². The topological polar surface area (TPSA) is 50.7 Å². The van der Waals surface area contributed by atoms with Crippen molar-refractivity contribution in [3.8, 4) is 0 Å². The molecule has 1 aliphatic carbocycles. The van der Waals surface area contributed by atoms with E-state index in [2.05, 4.69) is 74.6 Å². The molecule has 2 atom stereocenters. The van der Waals surface area contributed by atoms with Crippen LogP contribution in [0.25, 0.3) is 0 Å². The number of nitrogens with one attached hydrogen (secondary N) is 1. The monoisotopic (exact) mass is 376 g/mol. The fourth-order valence-electron chi connectivity index (χ4n) is 4.35. The van der Waals surface area contributed by atoms with E-state index in [1.54, 1.807) is 0 Å². The Labute approximate surface area is 167 Å². The number of rotatable bonds is 3. The molecule has 2 aliphatic rings. The summed E-state index contributed by atoms with van der Waals surface area (Å²) in [6, 6.07) is 14.8. The summed E-state index contributed by atoms with van der Waals surface area (Å²) in [5, 5.41) is 7.44. The van der Waals surface area contributed by atoms with Crippen LogP contribution in [0, 0.1) is 13.8 Å². The Morgan fingerprint density at radius 3 is 2.79 bits per heavy atom. The first-order chi connectivity index (χ1) is 13.3. The summed E-state index contributed by atoms with van der Waals surface area (Å²) in [7, 11) is 0. The van der Waals surface area contributed by atoms with Crippen molar-refractivity contribution in [2.75, 3.05) is 0 Å². The Morgan fingerprint density at radius 1 is 1.18 bits per heavy atom. The Balaban J connectivity index is 1.47. The van der Waals surface area contributed by atoms with E-state index in [0.717, 1.165) is 29.7 Å². The second kappa shape index (κ2) is 7.08. The number of carbonyl (C=O) groups excluding carboxylic acids is 1. The maximum atomic E-state index is 12.9. The summed E-state index contributed by atoms with van der Waals surface area (Å²) in [4.78, 5) is 18.4. The lowest BCUT2D eigenvalue weighted by Crippen LogP contribution is -2.40. The third-order valence-electron chi connectivity index (χ3n) is 6.11. The molecule has 146 valence electrons. The number of oxime groups is 1. The first-order valence-corrected chi connectivity index (χ1v) is 10.1. The van der Waals surface area contributed by atoms with E-state index in [4.69, 9.17) is 4.84 Å². The highest BCUT2D eigenvalue weighted by atomic mass is 16.6. The van der Waals surface area contributed by atoms with Crippen molar-refractivity contribution < 1.29 is 9.63 Å². The van der Waals surface area contributed by atoms with E-state index in [0.29, 0.717) is 6.42 Å². The van der Waals surface area contributed by atoms with Crippen LogP contribution in [0.3, 0.4) is 0 Å². The molecule has 2 aromatic carbocycles. The van der Waals surface area contributed by atoms with Gasteiger partial charge in [-0.2, -0.15) is 0 Å². The number of fused-ring (bicyclic) bond motifs is 1. The molecule has 4 heteroatoms. The van der Waals surface area contributed by atoms with Gasteiger partial charge in [-0.25, -0.2) is 0 Å². The second-order valence-corrected chi connectivity index (χ2v) is 8.73. The van der Waals surface area contributed by atoms with Crippen molar-refractivity contribution in [3.63, 3.8) is 0 Å². The normalized spacial score (nSPS) is 22.8. The van der Waals surface area contributed by atoms with E-state index >= 15 is 0 Å². The minimum atomic E-state index is -0.558. The molecule has 0 fully saturated rings. The molecule has 0 saturated heterocycles. The van der Waals surface area contributed by atoms with Crippen LogP contribution in [0.15, 0.2) is 47.6 Å². The molecule has 1 aliphatic heterocycles. The molecular formula is C24H28N2O2. The SMILES string of the molecule is Cc1ccc(C)c(C2=NOC(C(=O)NC3CCC(C)(C)c4ccccc43)C2)c1. The van der Waals surface area contributed by atoms with Crippen molar-refractivity contribution in [2.45, 2.75) is 64.5 Å². The zero-order valence-electron chi connectivity index (χ0n) is 17.1. The summed E-state index contributed by atoms with van der Waals surface area (Å²) < 4.78 is 0. The molecule has 4 nitrogen and oxygen atoms in total. The molecule has 1 heterocycles. The van der Waals surface area contributed by atoms with Crippen LogP contribution in [0.5, 0.6) is 0 Å². The molecular weight excluding hydrogens is 348 g/mol. The number of amides is 1. The molecule has 0 bridgehead atoms. The lowest BCUT2D eigenvalue weighted by atomic mass is 9.71. The van der Waals surface area contributed by atoms with Crippen molar-refractivity contribution in [3.05, 3.63) is 70.3 Å². The van der Waals surface area contributed by atoms with Crippen LogP contribution in [-0.2, 0) is 15.0 Å². The van der Waals surface area contributed by atoms with Gasteiger partial charge in [0, 0.05) is 12.0 Å². The summed E-state index contributed by atoms with van der Waals surface area (Å²) in [5.41, 5.74) is 6.94. The second-order valence-electron chi connectivity index (χ2n) is 8.73. The minimum absolute atomic E-state index is 0.0325. The summed E-state index contributed by atoms with van der Waals surface area (Å²) in [6.07, 6.45) is 1.94. The molecule has 0 saturated carbocycles. The Kier molecular flexibility index (Phi) is 4.74. The predicted octanol–water partition coefficient (Wildman–Crippen LogP) is 4.73. The molecule has 2 unspecified atom stereocenters. The number of aryl methyl sites for hydroxylation is 2. The quantitative estimate of drug-likeness (QED) is 0.842. The highest BCUT2D eigenvalue weighted by Gasteiger charge is 2.36. The maximum Gasteiger partial charge on any atom is 0.264 e. The van der Waals surface area contributed by atoms with Gasteiger partial charge < -0.3 is 10.2 Å².